The largest absolute Gasteiger partial charge is 0.423 e. The van der Waals surface area contributed by atoms with Crippen molar-refractivity contribution in [1.82, 2.24) is 0 Å². The van der Waals surface area contributed by atoms with Crippen molar-refractivity contribution >= 4 is 44.8 Å². The van der Waals surface area contributed by atoms with E-state index in [1.165, 1.54) is 24.3 Å². The van der Waals surface area contributed by atoms with Gasteiger partial charge in [-0.25, -0.2) is 19.2 Å². The van der Waals surface area contributed by atoms with Crippen LogP contribution in [-0.2, 0) is 5.33 Å². The van der Waals surface area contributed by atoms with E-state index in [0.717, 1.165) is 0 Å². The Morgan fingerprint density at radius 3 is 1.59 bits per heavy atom. The highest BCUT2D eigenvalue weighted by Crippen LogP contribution is 2.38. The van der Waals surface area contributed by atoms with Crippen molar-refractivity contribution in [1.29, 1.82) is 0 Å². The van der Waals surface area contributed by atoms with Crippen molar-refractivity contribution in [3.63, 3.8) is 0 Å². The van der Waals surface area contributed by atoms with Crippen LogP contribution in [0.4, 0.5) is 0 Å². The smallest absolute Gasteiger partial charge is 0.344 e. The van der Waals surface area contributed by atoms with E-state index >= 15 is 0 Å². The average Bonchev–Trinajstić information content (AvgIpc) is 3.09. The van der Waals surface area contributed by atoms with Gasteiger partial charge < -0.3 is 18.6 Å². The number of alkyl halides is 1. The van der Waals surface area contributed by atoms with Crippen LogP contribution in [0.2, 0.25) is 0 Å². The van der Waals surface area contributed by atoms with E-state index in [0.29, 0.717) is 22.1 Å². The Balaban J connectivity index is 1.41. The molecule has 6 rings (SSSR count). The summed E-state index contributed by atoms with van der Waals surface area (Å²) in [7, 11) is 0. The van der Waals surface area contributed by atoms with Crippen LogP contribution in [-0.4, -0.2) is 17.9 Å². The van der Waals surface area contributed by atoms with Gasteiger partial charge in [0.25, 0.3) is 0 Å². The topological polar surface area (TPSA) is 109 Å². The maximum absolute atomic E-state index is 13.6. The quantitative estimate of drug-likeness (QED) is 0.0691. The Morgan fingerprint density at radius 2 is 1.07 bits per heavy atom. The third-order valence-corrected chi connectivity index (χ3v) is 7.56. The first-order valence-electron chi connectivity index (χ1n) is 14.0. The molecule has 0 saturated heterocycles. The van der Waals surface area contributed by atoms with Gasteiger partial charge in [-0.3, -0.25) is 0 Å². The number of hydrogen-bond donors (Lipinski definition) is 0. The molecule has 8 nitrogen and oxygen atoms in total. The molecule has 0 aliphatic heterocycles. The maximum Gasteiger partial charge on any atom is 0.344 e. The zero-order chi connectivity index (χ0) is 32.0. The SMILES string of the molecule is O=C(Oc1ccc(-c2c(CBr)c3ccc(OC(=O)c4ccccc4)cc3oc2=O)c(OC(=O)c2ccccc2)c1)c1ccccc1. The molecule has 1 aromatic heterocycles. The number of esters is 3. The van der Waals surface area contributed by atoms with Crippen LogP contribution in [0.15, 0.2) is 137 Å². The van der Waals surface area contributed by atoms with E-state index < -0.39 is 23.5 Å². The maximum atomic E-state index is 13.6. The summed E-state index contributed by atoms with van der Waals surface area (Å²) in [6.45, 7) is 0. The number of hydrogen-bond acceptors (Lipinski definition) is 8. The second kappa shape index (κ2) is 13.5. The molecule has 5 aromatic carbocycles. The molecule has 0 atom stereocenters. The molecule has 1 heterocycles. The first-order valence-corrected chi connectivity index (χ1v) is 15.1. The highest BCUT2D eigenvalue weighted by molar-refractivity contribution is 9.08. The normalized spacial score (nSPS) is 10.7. The van der Waals surface area contributed by atoms with Crippen molar-refractivity contribution in [3.8, 4) is 28.4 Å². The predicted molar refractivity (Wildman–Crippen MR) is 175 cm³/mol. The molecule has 226 valence electrons. The first-order chi connectivity index (χ1) is 22.4. The summed E-state index contributed by atoms with van der Waals surface area (Å²) < 4.78 is 22.6. The molecule has 0 N–H and O–H groups in total. The molecule has 0 unspecified atom stereocenters. The molecule has 0 fully saturated rings. The molecule has 0 bridgehead atoms. The van der Waals surface area contributed by atoms with Crippen LogP contribution in [0.5, 0.6) is 17.2 Å². The minimum atomic E-state index is -0.723. The second-order valence-electron chi connectivity index (χ2n) is 9.96. The lowest BCUT2D eigenvalue weighted by Gasteiger charge is -2.15. The van der Waals surface area contributed by atoms with Gasteiger partial charge in [0.2, 0.25) is 0 Å². The van der Waals surface area contributed by atoms with Crippen molar-refractivity contribution in [3.05, 3.63) is 160 Å². The van der Waals surface area contributed by atoms with Gasteiger partial charge in [-0.1, -0.05) is 70.5 Å². The van der Waals surface area contributed by atoms with Crippen LogP contribution < -0.4 is 19.8 Å². The standard InChI is InChI=1S/C37H23BrO8/c38-22-30-28-18-16-26(43-34(39)23-10-4-1-5-11-23)20-31(28)46-37(42)33(30)29-19-17-27(44-35(40)24-12-6-2-7-13-24)21-32(29)45-36(41)25-14-8-3-9-15-25/h1-21H,22H2. The highest BCUT2D eigenvalue weighted by Gasteiger charge is 2.23. The first kappa shape index (κ1) is 30.2. The number of benzene rings is 5. The third kappa shape index (κ3) is 6.50. The van der Waals surface area contributed by atoms with Crippen LogP contribution in [0.3, 0.4) is 0 Å². The molecule has 0 spiro atoms. The lowest BCUT2D eigenvalue weighted by molar-refractivity contribution is 0.0720. The molecule has 9 heteroatoms. The summed E-state index contributed by atoms with van der Waals surface area (Å²) >= 11 is 3.49. The van der Waals surface area contributed by atoms with E-state index in [9.17, 15) is 19.2 Å². The van der Waals surface area contributed by atoms with Crippen LogP contribution in [0, 0.1) is 0 Å². The molecular formula is C37H23BrO8. The molecule has 0 amide bonds. The summed E-state index contributed by atoms with van der Waals surface area (Å²) in [5, 5.41) is 0.788. The van der Waals surface area contributed by atoms with Crippen molar-refractivity contribution in [2.45, 2.75) is 5.33 Å². The van der Waals surface area contributed by atoms with Crippen molar-refractivity contribution < 1.29 is 33.0 Å². The monoisotopic (exact) mass is 674 g/mol. The lowest BCUT2D eigenvalue weighted by Crippen LogP contribution is -2.13. The van der Waals surface area contributed by atoms with Crippen molar-refractivity contribution in [2.75, 3.05) is 0 Å². The van der Waals surface area contributed by atoms with E-state index in [1.54, 1.807) is 103 Å². The van der Waals surface area contributed by atoms with Gasteiger partial charge in [0.15, 0.2) is 0 Å². The molecule has 0 radical (unpaired) electrons. The third-order valence-electron chi connectivity index (χ3n) is 7.00. The number of fused-ring (bicyclic) bond motifs is 1. The molecule has 0 aliphatic rings. The van der Waals surface area contributed by atoms with E-state index in [4.69, 9.17) is 18.6 Å². The van der Waals surface area contributed by atoms with E-state index in [1.807, 2.05) is 0 Å². The van der Waals surface area contributed by atoms with E-state index in [2.05, 4.69) is 15.9 Å². The van der Waals surface area contributed by atoms with Crippen LogP contribution in [0.1, 0.15) is 36.6 Å². The zero-order valence-electron chi connectivity index (χ0n) is 24.0. The number of carbonyl (C=O) groups is 3. The Labute approximate surface area is 270 Å². The zero-order valence-corrected chi connectivity index (χ0v) is 25.6. The van der Waals surface area contributed by atoms with Gasteiger partial charge >= 0.3 is 23.5 Å². The van der Waals surface area contributed by atoms with Gasteiger partial charge in [0.1, 0.15) is 22.8 Å². The van der Waals surface area contributed by atoms with Gasteiger partial charge in [0.05, 0.1) is 22.3 Å². The Hall–Kier alpha value is -5.80. The van der Waals surface area contributed by atoms with Crippen molar-refractivity contribution in [2.24, 2.45) is 0 Å². The second-order valence-corrected chi connectivity index (χ2v) is 10.5. The Morgan fingerprint density at radius 1 is 0.587 bits per heavy atom. The van der Waals surface area contributed by atoms with Crippen LogP contribution >= 0.6 is 15.9 Å². The molecule has 0 saturated carbocycles. The fraction of sp³-hybridized carbons (Fsp3) is 0.0270. The molecular weight excluding hydrogens is 652 g/mol. The summed E-state index contributed by atoms with van der Waals surface area (Å²) in [5.41, 5.74) is 1.37. The summed E-state index contributed by atoms with van der Waals surface area (Å²) in [6.07, 6.45) is 0. The molecule has 6 aromatic rings. The summed E-state index contributed by atoms with van der Waals surface area (Å²) in [5.74, 6) is -1.57. The van der Waals surface area contributed by atoms with E-state index in [-0.39, 0.29) is 44.9 Å². The molecule has 0 aliphatic carbocycles. The number of ether oxygens (including phenoxy) is 3. The van der Waals surface area contributed by atoms with Gasteiger partial charge in [-0.05, 0) is 66.2 Å². The fourth-order valence-electron chi connectivity index (χ4n) is 4.79. The minimum absolute atomic E-state index is 0.0190. The van der Waals surface area contributed by atoms with Gasteiger partial charge in [-0.15, -0.1) is 0 Å². The lowest BCUT2D eigenvalue weighted by atomic mass is 9.98. The summed E-state index contributed by atoms with van der Waals surface area (Å²) in [6, 6.07) is 34.5. The minimum Gasteiger partial charge on any atom is -0.423 e. The van der Waals surface area contributed by atoms with Crippen LogP contribution in [0.25, 0.3) is 22.1 Å². The number of carbonyl (C=O) groups excluding carboxylic acids is 3. The predicted octanol–water partition coefficient (Wildman–Crippen LogP) is 8.01. The number of halogens is 1. The summed E-state index contributed by atoms with van der Waals surface area (Å²) in [4.78, 5) is 52.1. The number of rotatable bonds is 8. The fourth-order valence-corrected chi connectivity index (χ4v) is 5.37. The molecule has 46 heavy (non-hydrogen) atoms. The Kier molecular flexibility index (Phi) is 8.84. The van der Waals surface area contributed by atoms with Gasteiger partial charge in [-0.2, -0.15) is 0 Å². The highest BCUT2D eigenvalue weighted by atomic mass is 79.9. The Bertz CT molecular complexity index is 2120. The average molecular weight is 675 g/mol. The van der Waals surface area contributed by atoms with Gasteiger partial charge in [0, 0.05) is 28.4 Å².